The minimum absolute atomic E-state index is 0.262. The van der Waals surface area contributed by atoms with Crippen molar-refractivity contribution in [3.05, 3.63) is 29.8 Å². The summed E-state index contributed by atoms with van der Waals surface area (Å²) in [6.07, 6.45) is 0.968. The largest absolute Gasteiger partial charge is 0.494 e. The lowest BCUT2D eigenvalue weighted by molar-refractivity contribution is 0.0696. The zero-order valence-corrected chi connectivity index (χ0v) is 12.3. The summed E-state index contributed by atoms with van der Waals surface area (Å²) in [5, 5.41) is 8.86. The molecule has 1 rings (SSSR count). The van der Waals surface area contributed by atoms with E-state index in [1.807, 2.05) is 11.8 Å². The topological polar surface area (TPSA) is 49.8 Å². The molecule has 0 atom stereocenters. The van der Waals surface area contributed by atoms with Crippen molar-refractivity contribution in [2.24, 2.45) is 0 Å². The molecule has 0 fully saturated rings. The van der Waals surface area contributed by atoms with Crippen LogP contribution in [-0.4, -0.2) is 54.7 Å². The fourth-order valence-electron chi connectivity index (χ4n) is 1.42. The number of hydrogen-bond donors (Lipinski definition) is 1. The Labute approximate surface area is 118 Å². The summed E-state index contributed by atoms with van der Waals surface area (Å²) in [6.45, 7) is 1.71. The van der Waals surface area contributed by atoms with Crippen molar-refractivity contribution in [2.45, 2.75) is 6.42 Å². The van der Waals surface area contributed by atoms with Gasteiger partial charge in [0.1, 0.15) is 5.75 Å². The fraction of sp³-hybridized carbons (Fsp3) is 0.500. The number of hydrogen-bond acceptors (Lipinski definition) is 4. The summed E-state index contributed by atoms with van der Waals surface area (Å²) in [4.78, 5) is 13.0. The van der Waals surface area contributed by atoms with E-state index in [1.54, 1.807) is 24.3 Å². The first-order valence-electron chi connectivity index (χ1n) is 6.28. The number of thioether (sulfide) groups is 1. The highest BCUT2D eigenvalue weighted by Crippen LogP contribution is 2.14. The summed E-state index contributed by atoms with van der Waals surface area (Å²) in [7, 11) is 4.14. The van der Waals surface area contributed by atoms with Gasteiger partial charge in [-0.05, 0) is 44.5 Å². The van der Waals surface area contributed by atoms with Crippen LogP contribution in [0.2, 0.25) is 0 Å². The van der Waals surface area contributed by atoms with Gasteiger partial charge in [-0.15, -0.1) is 0 Å². The lowest BCUT2D eigenvalue weighted by Gasteiger charge is -2.09. The predicted molar refractivity (Wildman–Crippen MR) is 79.4 cm³/mol. The van der Waals surface area contributed by atoms with E-state index in [-0.39, 0.29) is 5.56 Å². The smallest absolute Gasteiger partial charge is 0.335 e. The zero-order chi connectivity index (χ0) is 14.1. The van der Waals surface area contributed by atoms with Crippen molar-refractivity contribution in [1.82, 2.24) is 4.90 Å². The molecule has 0 aliphatic rings. The van der Waals surface area contributed by atoms with Crippen molar-refractivity contribution in [3.63, 3.8) is 0 Å². The number of rotatable bonds is 9. The number of benzene rings is 1. The second kappa shape index (κ2) is 8.82. The molecule has 4 nitrogen and oxygen atoms in total. The van der Waals surface area contributed by atoms with Crippen LogP contribution in [0.15, 0.2) is 24.3 Å². The van der Waals surface area contributed by atoms with E-state index in [2.05, 4.69) is 19.0 Å². The third kappa shape index (κ3) is 7.08. The summed E-state index contributed by atoms with van der Waals surface area (Å²) < 4.78 is 5.54. The van der Waals surface area contributed by atoms with Crippen LogP contribution in [0.3, 0.4) is 0 Å². The van der Waals surface area contributed by atoms with E-state index >= 15 is 0 Å². The van der Waals surface area contributed by atoms with Gasteiger partial charge in [0.25, 0.3) is 0 Å². The summed E-state index contributed by atoms with van der Waals surface area (Å²) in [5.74, 6) is 1.89. The normalized spacial score (nSPS) is 10.7. The molecule has 0 radical (unpaired) electrons. The van der Waals surface area contributed by atoms with Crippen molar-refractivity contribution >= 4 is 17.7 Å². The molecule has 0 unspecified atom stereocenters. The van der Waals surface area contributed by atoms with E-state index in [1.165, 1.54) is 0 Å². The Balaban J connectivity index is 2.15. The summed E-state index contributed by atoms with van der Waals surface area (Å²) >= 11 is 1.91. The average Bonchev–Trinajstić information content (AvgIpc) is 2.37. The molecule has 0 amide bonds. The maximum absolute atomic E-state index is 10.8. The molecule has 1 N–H and O–H groups in total. The molecule has 0 saturated carbocycles. The molecule has 106 valence electrons. The van der Waals surface area contributed by atoms with Gasteiger partial charge in [-0.1, -0.05) is 6.07 Å². The van der Waals surface area contributed by atoms with Crippen LogP contribution in [0.5, 0.6) is 5.75 Å². The Morgan fingerprint density at radius 1 is 1.37 bits per heavy atom. The van der Waals surface area contributed by atoms with Crippen LogP contribution in [0.1, 0.15) is 16.8 Å². The van der Waals surface area contributed by atoms with Gasteiger partial charge in [-0.2, -0.15) is 11.8 Å². The van der Waals surface area contributed by atoms with Gasteiger partial charge in [-0.3, -0.25) is 0 Å². The van der Waals surface area contributed by atoms with Gasteiger partial charge in [0.2, 0.25) is 0 Å². The molecule has 5 heteroatoms. The van der Waals surface area contributed by atoms with Crippen molar-refractivity contribution in [3.8, 4) is 5.75 Å². The molecule has 0 aliphatic carbocycles. The number of carboxylic acids is 1. The van der Waals surface area contributed by atoms with Crippen LogP contribution in [0.4, 0.5) is 0 Å². The molecule has 0 bridgehead atoms. The zero-order valence-electron chi connectivity index (χ0n) is 11.5. The van der Waals surface area contributed by atoms with Crippen molar-refractivity contribution < 1.29 is 14.6 Å². The van der Waals surface area contributed by atoms with Gasteiger partial charge < -0.3 is 14.7 Å². The lowest BCUT2D eigenvalue weighted by Crippen LogP contribution is -2.15. The number of ether oxygens (including phenoxy) is 1. The van der Waals surface area contributed by atoms with Crippen LogP contribution in [-0.2, 0) is 0 Å². The molecule has 0 saturated heterocycles. The van der Waals surface area contributed by atoms with E-state index in [9.17, 15) is 4.79 Å². The SMILES string of the molecule is CN(C)CCSCCCOc1cccc(C(=O)O)c1. The minimum atomic E-state index is -0.926. The highest BCUT2D eigenvalue weighted by Gasteiger charge is 2.03. The highest BCUT2D eigenvalue weighted by molar-refractivity contribution is 7.99. The van der Waals surface area contributed by atoms with Gasteiger partial charge in [0.15, 0.2) is 0 Å². The van der Waals surface area contributed by atoms with E-state index < -0.39 is 5.97 Å². The van der Waals surface area contributed by atoms with Gasteiger partial charge >= 0.3 is 5.97 Å². The molecule has 0 aromatic heterocycles. The molecule has 0 heterocycles. The first kappa shape index (κ1) is 15.9. The van der Waals surface area contributed by atoms with Crippen LogP contribution in [0.25, 0.3) is 0 Å². The average molecular weight is 283 g/mol. The van der Waals surface area contributed by atoms with E-state index in [0.717, 1.165) is 24.5 Å². The fourth-order valence-corrected chi connectivity index (χ4v) is 2.44. The second-order valence-corrected chi connectivity index (χ2v) is 5.68. The molecular formula is C14H21NO3S. The molecule has 19 heavy (non-hydrogen) atoms. The second-order valence-electron chi connectivity index (χ2n) is 4.45. The Bertz CT molecular complexity index is 396. The first-order chi connectivity index (χ1) is 9.09. The number of aromatic carboxylic acids is 1. The van der Waals surface area contributed by atoms with Crippen molar-refractivity contribution in [2.75, 3.05) is 38.8 Å². The third-order valence-electron chi connectivity index (χ3n) is 2.47. The lowest BCUT2D eigenvalue weighted by atomic mass is 10.2. The van der Waals surface area contributed by atoms with Gasteiger partial charge in [0.05, 0.1) is 12.2 Å². The molecule has 0 spiro atoms. The first-order valence-corrected chi connectivity index (χ1v) is 7.43. The Morgan fingerprint density at radius 3 is 2.84 bits per heavy atom. The third-order valence-corrected chi connectivity index (χ3v) is 3.51. The van der Waals surface area contributed by atoms with Crippen LogP contribution >= 0.6 is 11.8 Å². The monoisotopic (exact) mass is 283 g/mol. The Morgan fingerprint density at radius 2 is 2.16 bits per heavy atom. The standard InChI is InChI=1S/C14H21NO3S/c1-15(2)7-10-19-9-4-8-18-13-6-3-5-12(11-13)14(16)17/h3,5-6,11H,4,7-10H2,1-2H3,(H,16,17). The predicted octanol–water partition coefficient (Wildman–Crippen LogP) is 2.45. The van der Waals surface area contributed by atoms with Crippen LogP contribution < -0.4 is 4.74 Å². The number of carboxylic acid groups (broad SMARTS) is 1. The maximum atomic E-state index is 10.8. The molecule has 0 aliphatic heterocycles. The minimum Gasteiger partial charge on any atom is -0.494 e. The van der Waals surface area contributed by atoms with E-state index in [0.29, 0.717) is 12.4 Å². The maximum Gasteiger partial charge on any atom is 0.335 e. The molecule has 1 aromatic rings. The Kier molecular flexibility index (Phi) is 7.36. The Hall–Kier alpha value is -1.20. The highest BCUT2D eigenvalue weighted by atomic mass is 32.2. The molecule has 1 aromatic carbocycles. The number of nitrogens with zero attached hydrogens (tertiary/aromatic N) is 1. The van der Waals surface area contributed by atoms with Gasteiger partial charge in [0, 0.05) is 12.3 Å². The van der Waals surface area contributed by atoms with E-state index in [4.69, 9.17) is 9.84 Å². The summed E-state index contributed by atoms with van der Waals surface area (Å²) in [5.41, 5.74) is 0.262. The number of carbonyl (C=O) groups is 1. The summed E-state index contributed by atoms with van der Waals surface area (Å²) in [6, 6.07) is 6.60. The van der Waals surface area contributed by atoms with Gasteiger partial charge in [-0.25, -0.2) is 4.79 Å². The quantitative estimate of drug-likeness (QED) is 0.705. The van der Waals surface area contributed by atoms with Crippen molar-refractivity contribution in [1.29, 1.82) is 0 Å². The van der Waals surface area contributed by atoms with Crippen LogP contribution in [0, 0.1) is 0 Å². The molecular weight excluding hydrogens is 262 g/mol.